The number of hydrogen-bond acceptors (Lipinski definition) is 7. The van der Waals surface area contributed by atoms with Gasteiger partial charge in [0.25, 0.3) is 0 Å². The fraction of sp³-hybridized carbons (Fsp3) is 0.269. The average Bonchev–Trinajstić information content (AvgIpc) is 2.88. The van der Waals surface area contributed by atoms with Crippen LogP contribution >= 0.6 is 7.82 Å². The molecule has 8 nitrogen and oxygen atoms in total. The summed E-state index contributed by atoms with van der Waals surface area (Å²) in [4.78, 5) is 21.1. The van der Waals surface area contributed by atoms with Crippen molar-refractivity contribution in [3.63, 3.8) is 0 Å². The second-order valence-electron chi connectivity index (χ2n) is 7.79. The third-order valence-electron chi connectivity index (χ3n) is 5.33. The minimum Gasteiger partial charge on any atom is -0.458 e. The Balaban J connectivity index is 1.77. The maximum absolute atomic E-state index is 12.3. The minimum atomic E-state index is -4.44. The van der Waals surface area contributed by atoms with Crippen LogP contribution in [-0.4, -0.2) is 48.4 Å². The van der Waals surface area contributed by atoms with Crippen LogP contribution in [0.3, 0.4) is 0 Å². The fourth-order valence-corrected chi connectivity index (χ4v) is 4.59. The molecule has 0 saturated carbocycles. The molecule has 0 aliphatic carbocycles. The lowest BCUT2D eigenvalue weighted by Crippen LogP contribution is -2.46. The molecule has 0 aliphatic heterocycles. The molecule has 0 aromatic heterocycles. The molecule has 3 aromatic carbocycles. The first kappa shape index (κ1) is 26.8. The van der Waals surface area contributed by atoms with Crippen LogP contribution in [-0.2, 0) is 28.7 Å². The van der Waals surface area contributed by atoms with Gasteiger partial charge in [-0.25, -0.2) is 4.57 Å². The maximum Gasteiger partial charge on any atom is 0.472 e. The molecule has 0 heterocycles. The van der Waals surface area contributed by atoms with Crippen LogP contribution in [0, 0.1) is 0 Å². The van der Waals surface area contributed by atoms with Crippen LogP contribution < -0.4 is 5.32 Å². The highest BCUT2D eigenvalue weighted by Crippen LogP contribution is 2.43. The first-order valence-corrected chi connectivity index (χ1v) is 12.7. The van der Waals surface area contributed by atoms with Crippen molar-refractivity contribution < 1.29 is 33.1 Å². The molecule has 9 heteroatoms. The van der Waals surface area contributed by atoms with E-state index in [1.807, 2.05) is 91.0 Å². The molecule has 0 bridgehead atoms. The Morgan fingerprint density at radius 3 is 1.74 bits per heavy atom. The van der Waals surface area contributed by atoms with Gasteiger partial charge in [-0.3, -0.25) is 19.2 Å². The number of rotatable bonds is 13. The lowest BCUT2D eigenvalue weighted by atomic mass is 9.77. The number of aliphatic hydroxyl groups is 1. The summed E-state index contributed by atoms with van der Waals surface area (Å²) in [6.07, 6.45) is -1.06. The summed E-state index contributed by atoms with van der Waals surface area (Å²) in [6.45, 7) is 0.218. The molecule has 0 fully saturated rings. The number of carbonyl (C=O) groups excluding carboxylic acids is 1. The zero-order valence-electron chi connectivity index (χ0n) is 19.4. The van der Waals surface area contributed by atoms with Crippen LogP contribution in [0.4, 0.5) is 0 Å². The zero-order chi connectivity index (χ0) is 25.2. The number of hydrogen-bond donors (Lipinski definition) is 3. The number of aliphatic hydroxyl groups excluding tert-OH is 1. The van der Waals surface area contributed by atoms with Gasteiger partial charge in [0.2, 0.25) is 0 Å². The third kappa shape index (κ3) is 7.32. The Morgan fingerprint density at radius 1 is 0.886 bits per heavy atom. The van der Waals surface area contributed by atoms with E-state index in [1.54, 1.807) is 0 Å². The van der Waals surface area contributed by atoms with Crippen molar-refractivity contribution in [1.29, 1.82) is 0 Å². The number of phosphoric acid groups is 1. The van der Waals surface area contributed by atoms with Gasteiger partial charge in [0.1, 0.15) is 6.10 Å². The van der Waals surface area contributed by atoms with Gasteiger partial charge in [-0.15, -0.1) is 0 Å². The Kier molecular flexibility index (Phi) is 9.74. The number of esters is 1. The topological polar surface area (TPSA) is 114 Å². The quantitative estimate of drug-likeness (QED) is 0.141. The SMILES string of the molecule is CC(=O)O[C@@H](CO)COP(=O)(O)OCCNC(c1ccccc1)(c1ccccc1)c1ccccc1. The van der Waals surface area contributed by atoms with Crippen LogP contribution in [0.5, 0.6) is 0 Å². The standard InChI is InChI=1S/C26H30NO7P/c1-21(29)34-25(19-28)20-33-35(30,31)32-18-17-27-26(22-11-5-2-6-12-22,23-13-7-3-8-14-23)24-15-9-4-10-16-24/h2-16,25,27-28H,17-20H2,1H3,(H,30,31)/t25-/m0/s1. The summed E-state index contributed by atoms with van der Waals surface area (Å²) < 4.78 is 27.1. The largest absolute Gasteiger partial charge is 0.472 e. The highest BCUT2D eigenvalue weighted by atomic mass is 31.2. The first-order chi connectivity index (χ1) is 16.9. The molecule has 3 aromatic rings. The minimum absolute atomic E-state index is 0.139. The monoisotopic (exact) mass is 499 g/mol. The molecule has 3 rings (SSSR count). The average molecular weight is 500 g/mol. The van der Waals surface area contributed by atoms with Gasteiger partial charge in [-0.05, 0) is 16.7 Å². The van der Waals surface area contributed by atoms with Crippen molar-refractivity contribution >= 4 is 13.8 Å². The number of phosphoric ester groups is 1. The smallest absolute Gasteiger partial charge is 0.458 e. The molecular weight excluding hydrogens is 469 g/mol. The highest BCUT2D eigenvalue weighted by molar-refractivity contribution is 7.47. The molecule has 0 amide bonds. The number of carbonyl (C=O) groups is 1. The summed E-state index contributed by atoms with van der Waals surface area (Å²) in [7, 11) is -4.44. The second kappa shape index (κ2) is 12.7. The van der Waals surface area contributed by atoms with Gasteiger partial charge >= 0.3 is 13.8 Å². The van der Waals surface area contributed by atoms with Crippen molar-refractivity contribution in [2.24, 2.45) is 0 Å². The molecule has 35 heavy (non-hydrogen) atoms. The van der Waals surface area contributed by atoms with E-state index in [9.17, 15) is 19.4 Å². The van der Waals surface area contributed by atoms with E-state index in [-0.39, 0.29) is 13.2 Å². The Bertz CT molecular complexity index is 1000. The molecule has 0 radical (unpaired) electrons. The van der Waals surface area contributed by atoms with E-state index in [2.05, 4.69) is 5.32 Å². The normalized spacial score (nSPS) is 14.1. The van der Waals surface area contributed by atoms with Crippen LogP contribution in [0.1, 0.15) is 23.6 Å². The van der Waals surface area contributed by atoms with E-state index in [0.29, 0.717) is 0 Å². The first-order valence-electron chi connectivity index (χ1n) is 11.2. The summed E-state index contributed by atoms with van der Waals surface area (Å²) in [5.74, 6) is -0.635. The van der Waals surface area contributed by atoms with Crippen LogP contribution in [0.25, 0.3) is 0 Å². The van der Waals surface area contributed by atoms with Crippen LogP contribution in [0.2, 0.25) is 0 Å². The Morgan fingerprint density at radius 2 is 1.34 bits per heavy atom. The van der Waals surface area contributed by atoms with E-state index in [0.717, 1.165) is 16.7 Å². The van der Waals surface area contributed by atoms with E-state index >= 15 is 0 Å². The Hall–Kier alpha value is -2.84. The van der Waals surface area contributed by atoms with E-state index < -0.39 is 38.6 Å². The van der Waals surface area contributed by atoms with Gasteiger partial charge in [-0.2, -0.15) is 0 Å². The van der Waals surface area contributed by atoms with Crippen molar-refractivity contribution in [3.8, 4) is 0 Å². The van der Waals surface area contributed by atoms with Crippen molar-refractivity contribution in [2.75, 3.05) is 26.4 Å². The second-order valence-corrected chi connectivity index (χ2v) is 9.24. The number of ether oxygens (including phenoxy) is 1. The van der Waals surface area contributed by atoms with E-state index in [4.69, 9.17) is 13.8 Å². The summed E-state index contributed by atoms with van der Waals surface area (Å²) in [6, 6.07) is 29.8. The zero-order valence-corrected chi connectivity index (χ0v) is 20.3. The molecule has 0 spiro atoms. The molecule has 2 atom stereocenters. The molecule has 0 aliphatic rings. The number of benzene rings is 3. The molecular formula is C26H30NO7P. The van der Waals surface area contributed by atoms with Crippen molar-refractivity contribution in [1.82, 2.24) is 5.32 Å². The lowest BCUT2D eigenvalue weighted by Gasteiger charge is -2.37. The molecule has 3 N–H and O–H groups in total. The summed E-state index contributed by atoms with van der Waals surface area (Å²) >= 11 is 0. The van der Waals surface area contributed by atoms with Crippen LogP contribution in [0.15, 0.2) is 91.0 Å². The molecule has 186 valence electrons. The maximum atomic E-state index is 12.3. The van der Waals surface area contributed by atoms with Gasteiger partial charge in [-0.1, -0.05) is 91.0 Å². The van der Waals surface area contributed by atoms with Crippen molar-refractivity contribution in [3.05, 3.63) is 108 Å². The highest BCUT2D eigenvalue weighted by Gasteiger charge is 2.36. The lowest BCUT2D eigenvalue weighted by molar-refractivity contribution is -0.150. The molecule has 1 unspecified atom stereocenters. The summed E-state index contributed by atoms with van der Waals surface area (Å²) in [5.41, 5.74) is 2.24. The third-order valence-corrected chi connectivity index (χ3v) is 6.31. The van der Waals surface area contributed by atoms with Gasteiger partial charge < -0.3 is 14.7 Å². The van der Waals surface area contributed by atoms with Gasteiger partial charge in [0.05, 0.1) is 25.4 Å². The Labute approximate surface area is 205 Å². The summed E-state index contributed by atoms with van der Waals surface area (Å²) in [5, 5.41) is 12.8. The van der Waals surface area contributed by atoms with Crippen molar-refractivity contribution in [2.45, 2.75) is 18.6 Å². The van der Waals surface area contributed by atoms with Gasteiger partial charge in [0, 0.05) is 13.5 Å². The predicted octanol–water partition coefficient (Wildman–Crippen LogP) is 3.63. The van der Waals surface area contributed by atoms with E-state index in [1.165, 1.54) is 6.92 Å². The molecule has 0 saturated heterocycles. The van der Waals surface area contributed by atoms with Gasteiger partial charge in [0.15, 0.2) is 0 Å². The predicted molar refractivity (Wildman–Crippen MR) is 132 cm³/mol. The fourth-order valence-electron chi connectivity index (χ4n) is 3.84. The number of nitrogens with one attached hydrogen (secondary N) is 1.